The molecule has 0 bridgehead atoms. The number of amides is 3. The Balaban J connectivity index is 1.84. The van der Waals surface area contributed by atoms with Crippen LogP contribution in [0.1, 0.15) is 23.7 Å². The quantitative estimate of drug-likeness (QED) is 0.163. The van der Waals surface area contributed by atoms with Crippen molar-refractivity contribution in [2.45, 2.75) is 19.4 Å². The van der Waals surface area contributed by atoms with Gasteiger partial charge in [-0.25, -0.2) is 4.90 Å². The maximum absolute atomic E-state index is 13.1. The molecule has 1 unspecified atom stereocenters. The molecule has 2 aromatic carbocycles. The summed E-state index contributed by atoms with van der Waals surface area (Å²) in [6, 6.07) is 9.75. The van der Waals surface area contributed by atoms with E-state index in [2.05, 4.69) is 6.58 Å². The number of carbonyl (C=O) groups excluding carboxylic acids is 4. The van der Waals surface area contributed by atoms with E-state index in [0.717, 1.165) is 4.90 Å². The highest BCUT2D eigenvalue weighted by Crippen LogP contribution is 2.28. The number of ether oxygens (including phenoxy) is 1. The molecule has 1 aliphatic rings. The Labute approximate surface area is 182 Å². The third-order valence-corrected chi connectivity index (χ3v) is 4.77. The largest absolute Gasteiger partial charge is 0.427 e. The molecule has 10 nitrogen and oxygen atoms in total. The van der Waals surface area contributed by atoms with Gasteiger partial charge >= 0.3 is 5.97 Å². The molecular weight excluding hydrogens is 418 g/mol. The smallest absolute Gasteiger partial charge is 0.308 e. The Kier molecular flexibility index (Phi) is 6.43. The van der Waals surface area contributed by atoms with E-state index in [0.29, 0.717) is 0 Å². The third kappa shape index (κ3) is 4.53. The standard InChI is InChI=1S/C22H19N3O7/c1-3-12-23(21(28)15-4-6-17(7-5-15)25(30)31)19-13-20(27)24(22(19)29)16-8-10-18(11-9-16)32-14(2)26/h3-11,19H,1,12-13H2,2H3. The summed E-state index contributed by atoms with van der Waals surface area (Å²) in [5.41, 5.74) is 0.244. The van der Waals surface area contributed by atoms with Crippen molar-refractivity contribution >= 4 is 35.1 Å². The van der Waals surface area contributed by atoms with Crippen molar-refractivity contribution < 1.29 is 28.8 Å². The van der Waals surface area contributed by atoms with E-state index in [4.69, 9.17) is 4.74 Å². The van der Waals surface area contributed by atoms with Gasteiger partial charge in [-0.1, -0.05) is 6.08 Å². The number of non-ortho nitro benzene ring substituents is 1. The molecule has 0 spiro atoms. The first-order valence-corrected chi connectivity index (χ1v) is 9.54. The zero-order valence-corrected chi connectivity index (χ0v) is 17.1. The van der Waals surface area contributed by atoms with Crippen molar-refractivity contribution in [1.29, 1.82) is 0 Å². The lowest BCUT2D eigenvalue weighted by molar-refractivity contribution is -0.384. The molecular formula is C22H19N3O7. The van der Waals surface area contributed by atoms with Crippen molar-refractivity contribution in [1.82, 2.24) is 4.90 Å². The van der Waals surface area contributed by atoms with Crippen LogP contribution in [0.15, 0.2) is 61.2 Å². The van der Waals surface area contributed by atoms with Gasteiger partial charge in [0.1, 0.15) is 11.8 Å². The van der Waals surface area contributed by atoms with Crippen LogP contribution in [0.4, 0.5) is 11.4 Å². The number of nitrogens with zero attached hydrogens (tertiary/aromatic N) is 3. The van der Waals surface area contributed by atoms with Gasteiger partial charge in [-0.05, 0) is 36.4 Å². The number of anilines is 1. The minimum absolute atomic E-state index is 0.00125. The molecule has 1 aliphatic heterocycles. The van der Waals surface area contributed by atoms with Crippen LogP contribution in [-0.4, -0.2) is 46.1 Å². The fourth-order valence-electron chi connectivity index (χ4n) is 3.34. The first-order valence-electron chi connectivity index (χ1n) is 9.54. The van der Waals surface area contributed by atoms with Crippen LogP contribution >= 0.6 is 0 Å². The highest BCUT2D eigenvalue weighted by Gasteiger charge is 2.44. The van der Waals surface area contributed by atoms with E-state index >= 15 is 0 Å². The lowest BCUT2D eigenvalue weighted by Gasteiger charge is -2.26. The predicted molar refractivity (Wildman–Crippen MR) is 113 cm³/mol. The molecule has 3 amide bonds. The van der Waals surface area contributed by atoms with Crippen LogP contribution in [-0.2, 0) is 14.4 Å². The molecule has 1 saturated heterocycles. The van der Waals surface area contributed by atoms with Gasteiger partial charge in [0.05, 0.1) is 17.0 Å². The number of hydrogen-bond acceptors (Lipinski definition) is 7. The number of benzene rings is 2. The van der Waals surface area contributed by atoms with Crippen molar-refractivity contribution in [2.24, 2.45) is 0 Å². The second-order valence-electron chi connectivity index (χ2n) is 6.93. The molecule has 164 valence electrons. The average molecular weight is 437 g/mol. The van der Waals surface area contributed by atoms with E-state index in [9.17, 15) is 29.3 Å². The van der Waals surface area contributed by atoms with Crippen molar-refractivity contribution in [3.8, 4) is 5.75 Å². The highest BCUT2D eigenvalue weighted by atomic mass is 16.6. The van der Waals surface area contributed by atoms with Crippen LogP contribution in [0.2, 0.25) is 0 Å². The fraction of sp³-hybridized carbons (Fsp3) is 0.182. The van der Waals surface area contributed by atoms with Crippen molar-refractivity contribution in [2.75, 3.05) is 11.4 Å². The third-order valence-electron chi connectivity index (χ3n) is 4.77. The van der Waals surface area contributed by atoms with E-state index in [-0.39, 0.29) is 35.7 Å². The summed E-state index contributed by atoms with van der Waals surface area (Å²) < 4.78 is 4.95. The van der Waals surface area contributed by atoms with Gasteiger partial charge in [-0.3, -0.25) is 29.3 Å². The Bertz CT molecular complexity index is 1090. The van der Waals surface area contributed by atoms with Crippen LogP contribution in [0, 0.1) is 10.1 Å². The summed E-state index contributed by atoms with van der Waals surface area (Å²) >= 11 is 0. The average Bonchev–Trinajstić information content (AvgIpc) is 3.05. The first-order chi connectivity index (χ1) is 15.2. The fourth-order valence-corrected chi connectivity index (χ4v) is 3.34. The molecule has 0 saturated carbocycles. The molecule has 2 aromatic rings. The van der Waals surface area contributed by atoms with Crippen molar-refractivity contribution in [3.05, 3.63) is 76.9 Å². The Morgan fingerprint density at radius 2 is 1.81 bits per heavy atom. The number of esters is 1. The highest BCUT2D eigenvalue weighted by molar-refractivity contribution is 6.23. The lowest BCUT2D eigenvalue weighted by Crippen LogP contribution is -2.45. The van der Waals surface area contributed by atoms with Gasteiger partial charge in [0.2, 0.25) is 5.91 Å². The number of imide groups is 1. The predicted octanol–water partition coefficient (Wildman–Crippen LogP) is 2.48. The van der Waals surface area contributed by atoms with Crippen LogP contribution < -0.4 is 9.64 Å². The van der Waals surface area contributed by atoms with Crippen LogP contribution in [0.5, 0.6) is 5.75 Å². The Morgan fingerprint density at radius 1 is 1.19 bits per heavy atom. The molecule has 1 atom stereocenters. The van der Waals surface area contributed by atoms with Crippen LogP contribution in [0.3, 0.4) is 0 Å². The van der Waals surface area contributed by atoms with Gasteiger partial charge in [0, 0.05) is 31.2 Å². The number of rotatable bonds is 7. The summed E-state index contributed by atoms with van der Waals surface area (Å²) in [4.78, 5) is 62.2. The molecule has 1 heterocycles. The molecule has 0 aliphatic carbocycles. The normalized spacial score (nSPS) is 15.4. The lowest BCUT2D eigenvalue weighted by atomic mass is 10.1. The molecule has 0 radical (unpaired) electrons. The maximum Gasteiger partial charge on any atom is 0.308 e. The van der Waals surface area contributed by atoms with E-state index in [1.807, 2.05) is 0 Å². The van der Waals surface area contributed by atoms with Gasteiger partial charge < -0.3 is 9.64 Å². The van der Waals surface area contributed by atoms with E-state index in [1.54, 1.807) is 0 Å². The first kappa shape index (κ1) is 22.3. The summed E-state index contributed by atoms with van der Waals surface area (Å²) in [7, 11) is 0. The van der Waals surface area contributed by atoms with E-state index < -0.39 is 34.7 Å². The second-order valence-corrected chi connectivity index (χ2v) is 6.93. The van der Waals surface area contributed by atoms with Gasteiger partial charge in [0.15, 0.2) is 0 Å². The Hall–Kier alpha value is -4.34. The molecule has 0 N–H and O–H groups in total. The van der Waals surface area contributed by atoms with Gasteiger partial charge in [0.25, 0.3) is 17.5 Å². The van der Waals surface area contributed by atoms with Gasteiger partial charge in [-0.15, -0.1) is 6.58 Å². The van der Waals surface area contributed by atoms with Gasteiger partial charge in [-0.2, -0.15) is 0 Å². The number of carbonyl (C=O) groups is 4. The SMILES string of the molecule is C=CCN(C(=O)c1ccc([N+](=O)[O-])cc1)C1CC(=O)N(c2ccc(OC(C)=O)cc2)C1=O. The summed E-state index contributed by atoms with van der Waals surface area (Å²) in [6.07, 6.45) is 1.20. The monoisotopic (exact) mass is 437 g/mol. The van der Waals surface area contributed by atoms with Crippen LogP contribution in [0.25, 0.3) is 0 Å². The second kappa shape index (κ2) is 9.21. The molecule has 32 heavy (non-hydrogen) atoms. The topological polar surface area (TPSA) is 127 Å². The summed E-state index contributed by atoms with van der Waals surface area (Å²) in [5, 5.41) is 10.8. The zero-order chi connectivity index (χ0) is 23.4. The summed E-state index contributed by atoms with van der Waals surface area (Å²) in [6.45, 7) is 4.86. The Morgan fingerprint density at radius 3 is 2.34 bits per heavy atom. The number of hydrogen-bond donors (Lipinski definition) is 0. The number of nitro groups is 1. The minimum Gasteiger partial charge on any atom is -0.427 e. The minimum atomic E-state index is -1.06. The number of nitro benzene ring substituents is 1. The summed E-state index contributed by atoms with van der Waals surface area (Å²) in [5.74, 6) is -1.88. The van der Waals surface area contributed by atoms with Crippen molar-refractivity contribution in [3.63, 3.8) is 0 Å². The molecule has 10 heteroatoms. The molecule has 0 aromatic heterocycles. The molecule has 1 fully saturated rings. The zero-order valence-electron chi connectivity index (χ0n) is 17.1. The molecule has 3 rings (SSSR count). The van der Waals surface area contributed by atoms with E-state index in [1.165, 1.54) is 66.4 Å². The maximum atomic E-state index is 13.1.